The molecule has 0 atom stereocenters. The number of para-hydroxylation sites is 1. The Morgan fingerprint density at radius 1 is 1.29 bits per heavy atom. The second-order valence-corrected chi connectivity index (χ2v) is 5.33. The van der Waals surface area contributed by atoms with Gasteiger partial charge < -0.3 is 10.4 Å². The maximum Gasteiger partial charge on any atom is 0.348 e. The smallest absolute Gasteiger partial charge is 0.348 e. The molecule has 0 unspecified atom stereocenters. The quantitative estimate of drug-likeness (QED) is 0.778. The average Bonchev–Trinajstić information content (AvgIpc) is 3.04. The number of nitrogens with one attached hydrogen (secondary N) is 1. The van der Waals surface area contributed by atoms with Crippen molar-refractivity contribution in [3.05, 3.63) is 46.3 Å². The van der Waals surface area contributed by atoms with Crippen LogP contribution in [0.15, 0.2) is 35.7 Å². The van der Waals surface area contributed by atoms with Crippen LogP contribution in [0.4, 0.5) is 5.69 Å². The third kappa shape index (κ3) is 2.27. The number of thiophene rings is 1. The predicted octanol–water partition coefficient (Wildman–Crippen LogP) is 2.59. The highest BCUT2D eigenvalue weighted by Crippen LogP contribution is 2.24. The molecule has 0 aliphatic carbocycles. The molecule has 1 aromatic carbocycles. The number of aromatic nitrogens is 2. The first-order valence-corrected chi connectivity index (χ1v) is 7.00. The van der Waals surface area contributed by atoms with E-state index in [-0.39, 0.29) is 16.3 Å². The highest BCUT2D eigenvalue weighted by atomic mass is 32.1. The van der Waals surface area contributed by atoms with Crippen LogP contribution in [0.25, 0.3) is 10.9 Å². The fourth-order valence-corrected chi connectivity index (χ4v) is 2.82. The van der Waals surface area contributed by atoms with Crippen molar-refractivity contribution in [3.63, 3.8) is 0 Å². The van der Waals surface area contributed by atoms with Gasteiger partial charge in [0.25, 0.3) is 5.91 Å². The van der Waals surface area contributed by atoms with E-state index in [9.17, 15) is 9.59 Å². The molecule has 6 nitrogen and oxygen atoms in total. The third-order valence-corrected chi connectivity index (χ3v) is 3.98. The van der Waals surface area contributed by atoms with Gasteiger partial charge in [0.05, 0.1) is 11.2 Å². The summed E-state index contributed by atoms with van der Waals surface area (Å²) in [6, 6.07) is 8.94. The van der Waals surface area contributed by atoms with Crippen LogP contribution in [0.1, 0.15) is 20.2 Å². The number of carboxylic acids is 1. The number of amides is 1. The summed E-state index contributed by atoms with van der Waals surface area (Å²) in [6.45, 7) is 0. The summed E-state index contributed by atoms with van der Waals surface area (Å²) in [5.41, 5.74) is 1.40. The Kier molecular flexibility index (Phi) is 3.19. The molecule has 0 fully saturated rings. The fraction of sp³-hybridized carbons (Fsp3) is 0.0714. The van der Waals surface area contributed by atoms with Crippen LogP contribution in [0.2, 0.25) is 0 Å². The predicted molar refractivity (Wildman–Crippen MR) is 79.9 cm³/mol. The zero-order valence-corrected chi connectivity index (χ0v) is 11.8. The Labute approximate surface area is 123 Å². The molecule has 7 heteroatoms. The Hall–Kier alpha value is -2.67. The molecule has 2 aromatic heterocycles. The molecule has 0 bridgehead atoms. The van der Waals surface area contributed by atoms with Gasteiger partial charge in [0.2, 0.25) is 0 Å². The number of rotatable bonds is 3. The topological polar surface area (TPSA) is 84.2 Å². The van der Waals surface area contributed by atoms with Crippen molar-refractivity contribution in [3.8, 4) is 0 Å². The standard InChI is InChI=1S/C14H11N3O3S/c1-17-10-5-3-2-4-8(10)11(16-17)13(18)15-9-6-7-21-12(9)14(19)20/h2-7H,1H3,(H,15,18)(H,19,20). The Balaban J connectivity index is 1.98. The number of aromatic carboxylic acids is 1. The van der Waals surface area contributed by atoms with E-state index in [1.807, 2.05) is 24.3 Å². The number of carbonyl (C=O) groups excluding carboxylic acids is 1. The number of carbonyl (C=O) groups is 2. The minimum Gasteiger partial charge on any atom is -0.477 e. The second kappa shape index (κ2) is 5.02. The zero-order valence-electron chi connectivity index (χ0n) is 11.0. The van der Waals surface area contributed by atoms with Gasteiger partial charge in [-0.3, -0.25) is 9.48 Å². The molecule has 21 heavy (non-hydrogen) atoms. The fourth-order valence-electron chi connectivity index (χ4n) is 2.14. The molecule has 2 N–H and O–H groups in total. The molecule has 0 aliphatic rings. The normalized spacial score (nSPS) is 10.7. The van der Waals surface area contributed by atoms with Gasteiger partial charge in [-0.05, 0) is 17.5 Å². The van der Waals surface area contributed by atoms with Gasteiger partial charge in [0.15, 0.2) is 5.69 Å². The highest BCUT2D eigenvalue weighted by molar-refractivity contribution is 7.12. The van der Waals surface area contributed by atoms with Crippen molar-refractivity contribution in [1.29, 1.82) is 0 Å². The minimum absolute atomic E-state index is 0.101. The first-order chi connectivity index (χ1) is 10.1. The van der Waals surface area contributed by atoms with Crippen molar-refractivity contribution in [1.82, 2.24) is 9.78 Å². The summed E-state index contributed by atoms with van der Waals surface area (Å²) in [5.74, 6) is -1.49. The van der Waals surface area contributed by atoms with E-state index in [4.69, 9.17) is 5.11 Å². The summed E-state index contributed by atoms with van der Waals surface area (Å²) < 4.78 is 1.62. The van der Waals surface area contributed by atoms with Gasteiger partial charge in [0, 0.05) is 12.4 Å². The summed E-state index contributed by atoms with van der Waals surface area (Å²) in [7, 11) is 1.76. The lowest BCUT2D eigenvalue weighted by molar-refractivity contribution is 0.0703. The van der Waals surface area contributed by atoms with Gasteiger partial charge >= 0.3 is 5.97 Å². The van der Waals surface area contributed by atoms with Crippen LogP contribution in [0.3, 0.4) is 0 Å². The van der Waals surface area contributed by atoms with Crippen molar-refractivity contribution in [2.24, 2.45) is 7.05 Å². The van der Waals surface area contributed by atoms with E-state index < -0.39 is 11.9 Å². The van der Waals surface area contributed by atoms with Crippen molar-refractivity contribution in [2.45, 2.75) is 0 Å². The van der Waals surface area contributed by atoms with E-state index in [1.54, 1.807) is 23.2 Å². The number of anilines is 1. The van der Waals surface area contributed by atoms with E-state index >= 15 is 0 Å². The molecule has 0 aliphatic heterocycles. The highest BCUT2D eigenvalue weighted by Gasteiger charge is 2.19. The van der Waals surface area contributed by atoms with Crippen LogP contribution in [-0.2, 0) is 7.05 Å². The zero-order chi connectivity index (χ0) is 15.0. The van der Waals surface area contributed by atoms with Crippen LogP contribution < -0.4 is 5.32 Å². The molecular formula is C14H11N3O3S. The average molecular weight is 301 g/mol. The van der Waals surface area contributed by atoms with Crippen molar-refractivity contribution in [2.75, 3.05) is 5.32 Å². The third-order valence-electron chi connectivity index (χ3n) is 3.08. The van der Waals surface area contributed by atoms with E-state index in [0.29, 0.717) is 0 Å². The van der Waals surface area contributed by atoms with Gasteiger partial charge in [-0.2, -0.15) is 5.10 Å². The number of nitrogens with zero attached hydrogens (tertiary/aromatic N) is 2. The first-order valence-electron chi connectivity index (χ1n) is 6.12. The molecule has 0 saturated carbocycles. The van der Waals surface area contributed by atoms with Crippen LogP contribution >= 0.6 is 11.3 Å². The lowest BCUT2D eigenvalue weighted by atomic mass is 10.2. The lowest BCUT2D eigenvalue weighted by Gasteiger charge is -2.02. The number of benzene rings is 1. The van der Waals surface area contributed by atoms with Gasteiger partial charge in [0.1, 0.15) is 4.88 Å². The molecular weight excluding hydrogens is 290 g/mol. The largest absolute Gasteiger partial charge is 0.477 e. The van der Waals surface area contributed by atoms with Crippen molar-refractivity contribution < 1.29 is 14.7 Å². The van der Waals surface area contributed by atoms with Gasteiger partial charge in [-0.15, -0.1) is 11.3 Å². The summed E-state index contributed by atoms with van der Waals surface area (Å²) in [5, 5.41) is 18.2. The van der Waals surface area contributed by atoms with Crippen molar-refractivity contribution >= 4 is 39.8 Å². The maximum atomic E-state index is 12.3. The van der Waals surface area contributed by atoms with Gasteiger partial charge in [-0.25, -0.2) is 4.79 Å². The maximum absolute atomic E-state index is 12.3. The van der Waals surface area contributed by atoms with Crippen LogP contribution in [-0.4, -0.2) is 26.8 Å². The Morgan fingerprint density at radius 3 is 2.81 bits per heavy atom. The van der Waals surface area contributed by atoms with Gasteiger partial charge in [-0.1, -0.05) is 18.2 Å². The SMILES string of the molecule is Cn1nc(C(=O)Nc2ccsc2C(=O)O)c2ccccc21. The monoisotopic (exact) mass is 301 g/mol. The molecule has 3 rings (SSSR count). The Bertz CT molecular complexity index is 850. The number of hydrogen-bond acceptors (Lipinski definition) is 4. The second-order valence-electron chi connectivity index (χ2n) is 4.41. The number of fused-ring (bicyclic) bond motifs is 1. The lowest BCUT2D eigenvalue weighted by Crippen LogP contribution is -2.14. The van der Waals surface area contributed by atoms with E-state index in [2.05, 4.69) is 10.4 Å². The molecule has 0 radical (unpaired) electrons. The molecule has 3 aromatic rings. The van der Waals surface area contributed by atoms with E-state index in [0.717, 1.165) is 22.2 Å². The van der Waals surface area contributed by atoms with Crippen LogP contribution in [0.5, 0.6) is 0 Å². The first kappa shape index (κ1) is 13.3. The summed E-state index contributed by atoms with van der Waals surface area (Å²) in [6.07, 6.45) is 0. The molecule has 0 spiro atoms. The molecule has 0 saturated heterocycles. The summed E-state index contributed by atoms with van der Waals surface area (Å²) in [4.78, 5) is 23.5. The number of hydrogen-bond donors (Lipinski definition) is 2. The minimum atomic E-state index is -1.06. The molecule has 1 amide bonds. The summed E-state index contributed by atoms with van der Waals surface area (Å²) >= 11 is 1.06. The molecule has 2 heterocycles. The Morgan fingerprint density at radius 2 is 2.05 bits per heavy atom. The van der Waals surface area contributed by atoms with E-state index in [1.165, 1.54) is 0 Å². The number of aryl methyl sites for hydroxylation is 1. The molecule has 106 valence electrons. The van der Waals surface area contributed by atoms with Crippen LogP contribution in [0, 0.1) is 0 Å². The number of carboxylic acid groups (broad SMARTS) is 1.